The lowest BCUT2D eigenvalue weighted by atomic mass is 10.1. The first-order valence-electron chi connectivity index (χ1n) is 7.47. The maximum atomic E-state index is 4.56. The fourth-order valence-electron chi connectivity index (χ4n) is 2.14. The zero-order valence-corrected chi connectivity index (χ0v) is 12.9. The Labute approximate surface area is 118 Å². The second-order valence-corrected chi connectivity index (χ2v) is 5.43. The third kappa shape index (κ3) is 6.69. The predicted molar refractivity (Wildman–Crippen MR) is 82.3 cm³/mol. The highest BCUT2D eigenvalue weighted by Gasteiger charge is 2.09. The van der Waals surface area contributed by atoms with Gasteiger partial charge in [-0.25, -0.2) is 0 Å². The normalized spacial score (nSPS) is 12.9. The van der Waals surface area contributed by atoms with Crippen LogP contribution in [0.15, 0.2) is 18.2 Å². The first-order valence-corrected chi connectivity index (χ1v) is 7.47. The summed E-state index contributed by atoms with van der Waals surface area (Å²) in [5, 5.41) is 3.46. The van der Waals surface area contributed by atoms with Gasteiger partial charge >= 0.3 is 0 Å². The van der Waals surface area contributed by atoms with Crippen LogP contribution in [-0.2, 0) is 6.54 Å². The first-order chi connectivity index (χ1) is 9.13. The lowest BCUT2D eigenvalue weighted by Gasteiger charge is -2.24. The third-order valence-electron chi connectivity index (χ3n) is 3.51. The molecule has 3 heteroatoms. The molecule has 1 rings (SSSR count). The van der Waals surface area contributed by atoms with E-state index >= 15 is 0 Å². The van der Waals surface area contributed by atoms with Crippen LogP contribution < -0.4 is 5.32 Å². The van der Waals surface area contributed by atoms with Crippen molar-refractivity contribution in [1.29, 1.82) is 0 Å². The van der Waals surface area contributed by atoms with Gasteiger partial charge in [0.25, 0.3) is 0 Å². The number of nitrogens with one attached hydrogen (secondary N) is 1. The Morgan fingerprint density at radius 3 is 2.79 bits per heavy atom. The van der Waals surface area contributed by atoms with Crippen molar-refractivity contribution < 1.29 is 0 Å². The number of pyridine rings is 1. The highest BCUT2D eigenvalue weighted by molar-refractivity contribution is 5.09. The summed E-state index contributed by atoms with van der Waals surface area (Å²) < 4.78 is 0. The van der Waals surface area contributed by atoms with Crippen molar-refractivity contribution in [2.24, 2.45) is 0 Å². The van der Waals surface area contributed by atoms with Gasteiger partial charge in [-0.2, -0.15) is 0 Å². The fraction of sp³-hybridized carbons (Fsp3) is 0.688. The molecule has 1 aromatic rings. The minimum atomic E-state index is 0.603. The molecule has 1 atom stereocenters. The number of hydrogen-bond acceptors (Lipinski definition) is 3. The summed E-state index contributed by atoms with van der Waals surface area (Å²) in [6.45, 7) is 9.76. The summed E-state index contributed by atoms with van der Waals surface area (Å²) in [6.07, 6.45) is 3.69. The molecule has 0 saturated carbocycles. The molecule has 1 unspecified atom stereocenters. The zero-order chi connectivity index (χ0) is 14.1. The van der Waals surface area contributed by atoms with Gasteiger partial charge in [-0.15, -0.1) is 0 Å². The highest BCUT2D eigenvalue weighted by atomic mass is 15.1. The Balaban J connectivity index is 2.26. The van der Waals surface area contributed by atoms with Crippen LogP contribution in [0, 0.1) is 6.92 Å². The van der Waals surface area contributed by atoms with Gasteiger partial charge < -0.3 is 5.32 Å². The number of aromatic nitrogens is 1. The molecule has 0 aliphatic heterocycles. The van der Waals surface area contributed by atoms with Gasteiger partial charge in [-0.05, 0) is 65.4 Å². The van der Waals surface area contributed by atoms with E-state index in [9.17, 15) is 0 Å². The molecule has 0 aromatic carbocycles. The maximum Gasteiger partial charge on any atom is 0.0547 e. The second-order valence-electron chi connectivity index (χ2n) is 5.43. The largest absolute Gasteiger partial charge is 0.317 e. The second kappa shape index (κ2) is 9.05. The molecule has 19 heavy (non-hydrogen) atoms. The standard InChI is InChI=1S/C16H29N3/c1-5-11-17-12-7-9-15(3)19(4)13-16-10-6-8-14(2)18-16/h6,8,10,15,17H,5,7,9,11-13H2,1-4H3. The van der Waals surface area contributed by atoms with E-state index < -0.39 is 0 Å². The summed E-state index contributed by atoms with van der Waals surface area (Å²) in [4.78, 5) is 6.95. The van der Waals surface area contributed by atoms with Crippen LogP contribution in [0.2, 0.25) is 0 Å². The lowest BCUT2D eigenvalue weighted by molar-refractivity contribution is 0.232. The average molecular weight is 263 g/mol. The zero-order valence-electron chi connectivity index (χ0n) is 12.9. The van der Waals surface area contributed by atoms with Crippen LogP contribution >= 0.6 is 0 Å². The average Bonchev–Trinajstić information content (AvgIpc) is 2.38. The van der Waals surface area contributed by atoms with Crippen molar-refractivity contribution >= 4 is 0 Å². The summed E-state index contributed by atoms with van der Waals surface area (Å²) >= 11 is 0. The summed E-state index contributed by atoms with van der Waals surface area (Å²) in [6, 6.07) is 6.85. The smallest absolute Gasteiger partial charge is 0.0547 e. The van der Waals surface area contributed by atoms with Gasteiger partial charge in [-0.3, -0.25) is 9.88 Å². The van der Waals surface area contributed by atoms with E-state index in [2.05, 4.69) is 48.2 Å². The quantitative estimate of drug-likeness (QED) is 0.694. The molecule has 1 N–H and O–H groups in total. The Kier molecular flexibility index (Phi) is 7.68. The Bertz CT molecular complexity index is 352. The van der Waals surface area contributed by atoms with Crippen molar-refractivity contribution in [3.05, 3.63) is 29.6 Å². The van der Waals surface area contributed by atoms with Crippen LogP contribution in [0.4, 0.5) is 0 Å². The highest BCUT2D eigenvalue weighted by Crippen LogP contribution is 2.08. The van der Waals surface area contributed by atoms with E-state index in [1.807, 2.05) is 13.0 Å². The Morgan fingerprint density at radius 1 is 1.32 bits per heavy atom. The van der Waals surface area contributed by atoms with Crippen LogP contribution in [0.25, 0.3) is 0 Å². The molecule has 0 aliphatic rings. The third-order valence-corrected chi connectivity index (χ3v) is 3.51. The van der Waals surface area contributed by atoms with Gasteiger partial charge in [0.1, 0.15) is 0 Å². The Hall–Kier alpha value is -0.930. The van der Waals surface area contributed by atoms with Gasteiger partial charge in [-0.1, -0.05) is 13.0 Å². The molecule has 0 saturated heterocycles. The maximum absolute atomic E-state index is 4.56. The summed E-state index contributed by atoms with van der Waals surface area (Å²) in [5.41, 5.74) is 2.26. The molecule has 1 aromatic heterocycles. The van der Waals surface area contributed by atoms with Crippen molar-refractivity contribution in [1.82, 2.24) is 15.2 Å². The van der Waals surface area contributed by atoms with Crippen LogP contribution in [0.5, 0.6) is 0 Å². The van der Waals surface area contributed by atoms with E-state index in [0.717, 1.165) is 25.3 Å². The molecule has 0 radical (unpaired) electrons. The molecular formula is C16H29N3. The topological polar surface area (TPSA) is 28.2 Å². The lowest BCUT2D eigenvalue weighted by Crippen LogP contribution is -2.30. The fourth-order valence-corrected chi connectivity index (χ4v) is 2.14. The SMILES string of the molecule is CCCNCCCC(C)N(C)Cc1cccc(C)n1. The molecule has 3 nitrogen and oxygen atoms in total. The predicted octanol–water partition coefficient (Wildman–Crippen LogP) is 2.99. The number of rotatable bonds is 9. The molecule has 108 valence electrons. The molecule has 1 heterocycles. The number of nitrogens with zero attached hydrogens (tertiary/aromatic N) is 2. The molecular weight excluding hydrogens is 234 g/mol. The van der Waals surface area contributed by atoms with E-state index in [1.165, 1.54) is 25.0 Å². The molecule has 0 spiro atoms. The van der Waals surface area contributed by atoms with Crippen molar-refractivity contribution in [2.75, 3.05) is 20.1 Å². The first kappa shape index (κ1) is 16.1. The monoisotopic (exact) mass is 263 g/mol. The van der Waals surface area contributed by atoms with E-state index in [-0.39, 0.29) is 0 Å². The van der Waals surface area contributed by atoms with Crippen LogP contribution in [0.3, 0.4) is 0 Å². The van der Waals surface area contributed by atoms with Crippen LogP contribution in [0.1, 0.15) is 44.5 Å². The molecule has 0 bridgehead atoms. The van der Waals surface area contributed by atoms with Crippen LogP contribution in [-0.4, -0.2) is 36.1 Å². The van der Waals surface area contributed by atoms with Gasteiger partial charge in [0.2, 0.25) is 0 Å². The summed E-state index contributed by atoms with van der Waals surface area (Å²) in [7, 11) is 2.19. The number of hydrogen-bond donors (Lipinski definition) is 1. The van der Waals surface area contributed by atoms with Crippen molar-refractivity contribution in [3.63, 3.8) is 0 Å². The van der Waals surface area contributed by atoms with E-state index in [1.54, 1.807) is 0 Å². The minimum Gasteiger partial charge on any atom is -0.317 e. The van der Waals surface area contributed by atoms with Gasteiger partial charge in [0.05, 0.1) is 5.69 Å². The van der Waals surface area contributed by atoms with Crippen molar-refractivity contribution in [2.45, 2.75) is 52.6 Å². The minimum absolute atomic E-state index is 0.603. The van der Waals surface area contributed by atoms with E-state index in [0.29, 0.717) is 6.04 Å². The molecule has 0 amide bonds. The number of aryl methyl sites for hydroxylation is 1. The Morgan fingerprint density at radius 2 is 2.11 bits per heavy atom. The van der Waals surface area contributed by atoms with Gasteiger partial charge in [0.15, 0.2) is 0 Å². The molecule has 0 fully saturated rings. The summed E-state index contributed by atoms with van der Waals surface area (Å²) in [5.74, 6) is 0. The van der Waals surface area contributed by atoms with Crippen molar-refractivity contribution in [3.8, 4) is 0 Å². The van der Waals surface area contributed by atoms with E-state index in [4.69, 9.17) is 0 Å². The van der Waals surface area contributed by atoms with Gasteiger partial charge in [0, 0.05) is 18.3 Å². The molecule has 0 aliphatic carbocycles.